The van der Waals surface area contributed by atoms with Crippen molar-refractivity contribution in [2.45, 2.75) is 32.9 Å². The van der Waals surface area contributed by atoms with E-state index >= 15 is 0 Å². The van der Waals surface area contributed by atoms with Gasteiger partial charge in [-0.3, -0.25) is 13.9 Å². The fourth-order valence-corrected chi connectivity index (χ4v) is 2.95. The van der Waals surface area contributed by atoms with E-state index in [1.165, 1.54) is 15.5 Å². The zero-order valence-electron chi connectivity index (χ0n) is 11.5. The fourth-order valence-electron chi connectivity index (χ4n) is 2.00. The van der Waals surface area contributed by atoms with E-state index in [-0.39, 0.29) is 11.2 Å². The van der Waals surface area contributed by atoms with Gasteiger partial charge in [0.25, 0.3) is 5.56 Å². The van der Waals surface area contributed by atoms with E-state index < -0.39 is 0 Å². The molecule has 0 aromatic carbocycles. The summed E-state index contributed by atoms with van der Waals surface area (Å²) in [4.78, 5) is 26.4. The molecule has 2 N–H and O–H groups in total. The topological polar surface area (TPSA) is 70.0 Å². The van der Waals surface area contributed by atoms with Gasteiger partial charge in [0.15, 0.2) is 0 Å². The van der Waals surface area contributed by atoms with Gasteiger partial charge in [0, 0.05) is 28.6 Å². The quantitative estimate of drug-likeness (QED) is 0.865. The molecule has 0 amide bonds. The zero-order valence-corrected chi connectivity index (χ0v) is 12.4. The standard InChI is InChI=1S/C14H19N3O2S/c1-2-11-4-5-12(20-11)10-16-9-6-13(18)17(14(16)19)8-3-7-15/h4-6,9H,2-3,7-8,10,15H2,1H3. The Morgan fingerprint density at radius 2 is 1.95 bits per heavy atom. The van der Waals surface area contributed by atoms with Gasteiger partial charge in [-0.2, -0.15) is 0 Å². The Labute approximate surface area is 121 Å². The number of thiophene rings is 1. The molecule has 0 atom stereocenters. The third-order valence-corrected chi connectivity index (χ3v) is 4.33. The first-order valence-corrected chi connectivity index (χ1v) is 7.55. The summed E-state index contributed by atoms with van der Waals surface area (Å²) in [6.45, 7) is 3.45. The molecule has 2 rings (SSSR count). The van der Waals surface area contributed by atoms with Gasteiger partial charge in [-0.15, -0.1) is 11.3 Å². The van der Waals surface area contributed by atoms with Crippen LogP contribution in [-0.2, 0) is 19.5 Å². The molecule has 0 bridgehead atoms. The number of nitrogens with two attached hydrogens (primary N) is 1. The molecule has 0 saturated heterocycles. The molecule has 2 aromatic heterocycles. The van der Waals surface area contributed by atoms with Crippen LogP contribution in [-0.4, -0.2) is 15.7 Å². The molecule has 6 heteroatoms. The van der Waals surface area contributed by atoms with Gasteiger partial charge in [-0.05, 0) is 31.5 Å². The van der Waals surface area contributed by atoms with E-state index in [9.17, 15) is 9.59 Å². The Bertz CT molecular complexity index is 684. The Morgan fingerprint density at radius 1 is 1.20 bits per heavy atom. The predicted octanol–water partition coefficient (Wildman–Crippen LogP) is 1.03. The van der Waals surface area contributed by atoms with Crippen LogP contribution in [0.1, 0.15) is 23.1 Å². The Balaban J connectivity index is 2.28. The van der Waals surface area contributed by atoms with Crippen LogP contribution in [0, 0.1) is 0 Å². The number of aryl methyl sites for hydroxylation is 1. The lowest BCUT2D eigenvalue weighted by Crippen LogP contribution is -2.39. The highest BCUT2D eigenvalue weighted by molar-refractivity contribution is 7.11. The fraction of sp³-hybridized carbons (Fsp3) is 0.429. The van der Waals surface area contributed by atoms with Gasteiger partial charge in [-0.25, -0.2) is 4.79 Å². The van der Waals surface area contributed by atoms with Crippen molar-refractivity contribution in [2.24, 2.45) is 5.73 Å². The largest absolute Gasteiger partial charge is 0.331 e. The van der Waals surface area contributed by atoms with Crippen molar-refractivity contribution in [1.29, 1.82) is 0 Å². The van der Waals surface area contributed by atoms with E-state index in [1.807, 2.05) is 6.07 Å². The van der Waals surface area contributed by atoms with Crippen LogP contribution in [0.3, 0.4) is 0 Å². The molecule has 0 unspecified atom stereocenters. The van der Waals surface area contributed by atoms with Crippen molar-refractivity contribution in [3.05, 3.63) is 55.0 Å². The molecule has 2 heterocycles. The van der Waals surface area contributed by atoms with Crippen molar-refractivity contribution < 1.29 is 0 Å². The van der Waals surface area contributed by atoms with Gasteiger partial charge in [-0.1, -0.05) is 6.92 Å². The zero-order chi connectivity index (χ0) is 14.5. The average molecular weight is 293 g/mol. The molecule has 108 valence electrons. The lowest BCUT2D eigenvalue weighted by Gasteiger charge is -2.08. The van der Waals surface area contributed by atoms with Gasteiger partial charge < -0.3 is 5.73 Å². The van der Waals surface area contributed by atoms with E-state index in [0.29, 0.717) is 26.1 Å². The van der Waals surface area contributed by atoms with Crippen molar-refractivity contribution in [1.82, 2.24) is 9.13 Å². The summed E-state index contributed by atoms with van der Waals surface area (Å²) in [6.07, 6.45) is 3.18. The van der Waals surface area contributed by atoms with Crippen molar-refractivity contribution in [2.75, 3.05) is 6.54 Å². The normalized spacial score (nSPS) is 10.9. The van der Waals surface area contributed by atoms with Crippen LogP contribution >= 0.6 is 11.3 Å². The molecule has 0 aliphatic carbocycles. The van der Waals surface area contributed by atoms with Gasteiger partial charge in [0.05, 0.1) is 6.54 Å². The molecule has 20 heavy (non-hydrogen) atoms. The molecule has 0 spiro atoms. The second kappa shape index (κ2) is 6.67. The summed E-state index contributed by atoms with van der Waals surface area (Å²) in [7, 11) is 0. The van der Waals surface area contributed by atoms with Gasteiger partial charge in [0.2, 0.25) is 0 Å². The van der Waals surface area contributed by atoms with Crippen molar-refractivity contribution in [3.8, 4) is 0 Å². The van der Waals surface area contributed by atoms with E-state index in [1.54, 1.807) is 22.1 Å². The lowest BCUT2D eigenvalue weighted by molar-refractivity contribution is 0.556. The maximum atomic E-state index is 12.3. The first kappa shape index (κ1) is 14.7. The molecule has 0 aliphatic rings. The monoisotopic (exact) mass is 293 g/mol. The smallest absolute Gasteiger partial charge is 0.330 e. The molecule has 0 fully saturated rings. The summed E-state index contributed by atoms with van der Waals surface area (Å²) in [5.74, 6) is 0. The van der Waals surface area contributed by atoms with Crippen molar-refractivity contribution in [3.63, 3.8) is 0 Å². The van der Waals surface area contributed by atoms with Crippen LogP contribution < -0.4 is 17.0 Å². The van der Waals surface area contributed by atoms with Crippen molar-refractivity contribution >= 4 is 11.3 Å². The molecule has 0 aliphatic heterocycles. The minimum Gasteiger partial charge on any atom is -0.330 e. The molecule has 5 nitrogen and oxygen atoms in total. The maximum Gasteiger partial charge on any atom is 0.331 e. The molecular formula is C14H19N3O2S. The number of aromatic nitrogens is 2. The first-order chi connectivity index (χ1) is 9.65. The average Bonchev–Trinajstić information content (AvgIpc) is 2.90. The highest BCUT2D eigenvalue weighted by Gasteiger charge is 2.06. The van der Waals surface area contributed by atoms with Crippen LogP contribution in [0.2, 0.25) is 0 Å². The maximum absolute atomic E-state index is 12.3. The molecular weight excluding hydrogens is 274 g/mol. The highest BCUT2D eigenvalue weighted by atomic mass is 32.1. The Kier molecular flexibility index (Phi) is 4.92. The summed E-state index contributed by atoms with van der Waals surface area (Å²) in [5.41, 5.74) is 4.90. The molecule has 2 aromatic rings. The summed E-state index contributed by atoms with van der Waals surface area (Å²) < 4.78 is 2.82. The van der Waals surface area contributed by atoms with Crippen LogP contribution in [0.25, 0.3) is 0 Å². The second-order valence-corrected chi connectivity index (χ2v) is 5.83. The SMILES string of the molecule is CCc1ccc(Cn2ccc(=O)n(CCCN)c2=O)s1. The van der Waals surface area contributed by atoms with Gasteiger partial charge >= 0.3 is 5.69 Å². The number of hydrogen-bond donors (Lipinski definition) is 1. The minimum atomic E-state index is -0.266. The number of nitrogens with zero attached hydrogens (tertiary/aromatic N) is 2. The van der Waals surface area contributed by atoms with E-state index in [4.69, 9.17) is 5.73 Å². The van der Waals surface area contributed by atoms with Crippen LogP contribution in [0.4, 0.5) is 0 Å². The van der Waals surface area contributed by atoms with Crippen LogP contribution in [0.5, 0.6) is 0 Å². The van der Waals surface area contributed by atoms with E-state index in [0.717, 1.165) is 11.3 Å². The third-order valence-electron chi connectivity index (χ3n) is 3.12. The second-order valence-electron chi connectivity index (χ2n) is 4.58. The lowest BCUT2D eigenvalue weighted by atomic mass is 10.3. The predicted molar refractivity (Wildman–Crippen MR) is 81.4 cm³/mol. The number of hydrogen-bond acceptors (Lipinski definition) is 4. The Morgan fingerprint density at radius 3 is 2.60 bits per heavy atom. The summed E-state index contributed by atoms with van der Waals surface area (Å²) in [6, 6.07) is 5.55. The van der Waals surface area contributed by atoms with Gasteiger partial charge in [0.1, 0.15) is 0 Å². The van der Waals surface area contributed by atoms with Crippen LogP contribution in [0.15, 0.2) is 34.0 Å². The number of rotatable bonds is 6. The summed E-state index contributed by atoms with van der Waals surface area (Å²) in [5, 5.41) is 0. The third kappa shape index (κ3) is 3.26. The minimum absolute atomic E-state index is 0.264. The van der Waals surface area contributed by atoms with E-state index in [2.05, 4.69) is 13.0 Å². The summed E-state index contributed by atoms with van der Waals surface area (Å²) >= 11 is 1.70. The first-order valence-electron chi connectivity index (χ1n) is 6.73. The molecule has 0 radical (unpaired) electrons. The Hall–Kier alpha value is -1.66. The highest BCUT2D eigenvalue weighted by Crippen LogP contribution is 2.17. The molecule has 0 saturated carbocycles.